The number of aromatic nitrogens is 2. The molecule has 0 bridgehead atoms. The van der Waals surface area contributed by atoms with Crippen molar-refractivity contribution in [1.29, 1.82) is 0 Å². The second kappa shape index (κ2) is 10.1. The lowest BCUT2D eigenvalue weighted by Crippen LogP contribution is -2.31. The number of anilines is 1. The van der Waals surface area contributed by atoms with Crippen molar-refractivity contribution in [2.45, 2.75) is 39.5 Å². The van der Waals surface area contributed by atoms with Crippen LogP contribution < -0.4 is 5.32 Å². The van der Waals surface area contributed by atoms with Crippen LogP contribution >= 0.6 is 23.1 Å². The fraction of sp³-hybridized carbons (Fsp3) is 0.435. The summed E-state index contributed by atoms with van der Waals surface area (Å²) in [6.07, 6.45) is 7.37. The summed E-state index contributed by atoms with van der Waals surface area (Å²) in [5.74, 6) is -0.829. The molecule has 0 saturated heterocycles. The maximum Gasteiger partial charge on any atom is 0.341 e. The number of thioether (sulfide) groups is 1. The molecule has 0 fully saturated rings. The van der Waals surface area contributed by atoms with Crippen LogP contribution in [0.5, 0.6) is 0 Å². The number of amidine groups is 1. The van der Waals surface area contributed by atoms with Crippen molar-refractivity contribution in [3.8, 4) is 0 Å². The number of hydrogen-bond donors (Lipinski definition) is 1. The monoisotopic (exact) mass is 501 g/mol. The van der Waals surface area contributed by atoms with E-state index in [0.29, 0.717) is 28.0 Å². The number of fused-ring (bicyclic) bond motifs is 1. The average molecular weight is 502 g/mol. The molecule has 2 aromatic heterocycles. The Hall–Kier alpha value is -2.92. The van der Waals surface area contributed by atoms with E-state index >= 15 is 0 Å². The highest BCUT2D eigenvalue weighted by Gasteiger charge is 2.31. The largest absolute Gasteiger partial charge is 0.465 e. The fourth-order valence-electron chi connectivity index (χ4n) is 4.09. The first-order chi connectivity index (χ1) is 16.3. The van der Waals surface area contributed by atoms with Gasteiger partial charge in [-0.05, 0) is 51.2 Å². The molecule has 0 unspecified atom stereocenters. The van der Waals surface area contributed by atoms with Gasteiger partial charge in [0.25, 0.3) is 5.91 Å². The third kappa shape index (κ3) is 4.80. The Kier molecular flexibility index (Phi) is 7.22. The van der Waals surface area contributed by atoms with Crippen molar-refractivity contribution in [3.05, 3.63) is 39.2 Å². The number of likely N-dealkylation sites (N-methyl/N-ethyl adjacent to an activating group) is 1. The zero-order chi connectivity index (χ0) is 24.4. The summed E-state index contributed by atoms with van der Waals surface area (Å²) >= 11 is 2.64. The predicted octanol–water partition coefficient (Wildman–Crippen LogP) is 3.39. The van der Waals surface area contributed by atoms with E-state index < -0.39 is 5.97 Å². The summed E-state index contributed by atoms with van der Waals surface area (Å²) < 4.78 is 6.66. The van der Waals surface area contributed by atoms with E-state index in [4.69, 9.17) is 4.74 Å². The molecule has 4 rings (SSSR count). The van der Waals surface area contributed by atoms with E-state index in [1.807, 2.05) is 27.1 Å². The quantitative estimate of drug-likeness (QED) is 0.481. The number of amides is 2. The molecule has 0 atom stereocenters. The molecule has 9 nitrogen and oxygen atoms in total. The number of carbonyl (C=O) groups is 3. The maximum absolute atomic E-state index is 12.8. The minimum atomic E-state index is -0.425. The lowest BCUT2D eigenvalue weighted by molar-refractivity contribution is -0.122. The molecule has 1 aliphatic heterocycles. The Morgan fingerprint density at radius 2 is 2.09 bits per heavy atom. The van der Waals surface area contributed by atoms with Crippen molar-refractivity contribution in [2.24, 2.45) is 12.0 Å². The number of carbonyl (C=O) groups excluding carboxylic acids is 3. The zero-order valence-electron chi connectivity index (χ0n) is 19.6. The van der Waals surface area contributed by atoms with E-state index in [9.17, 15) is 14.4 Å². The molecule has 1 aliphatic carbocycles. The second-order valence-corrected chi connectivity index (χ2v) is 10.1. The van der Waals surface area contributed by atoms with Crippen molar-refractivity contribution >= 4 is 57.1 Å². The zero-order valence-corrected chi connectivity index (χ0v) is 21.3. The highest BCUT2D eigenvalue weighted by atomic mass is 32.2. The number of ether oxygens (including phenoxy) is 1. The van der Waals surface area contributed by atoms with Gasteiger partial charge < -0.3 is 10.1 Å². The topological polar surface area (TPSA) is 106 Å². The minimum absolute atomic E-state index is 0.0605. The number of aliphatic imine (C=N–C) groups is 1. The van der Waals surface area contributed by atoms with Gasteiger partial charge in [0.05, 0.1) is 24.1 Å². The van der Waals surface area contributed by atoms with Crippen LogP contribution in [-0.2, 0) is 34.2 Å². The Morgan fingerprint density at radius 1 is 1.32 bits per heavy atom. The van der Waals surface area contributed by atoms with Gasteiger partial charge in [-0.1, -0.05) is 11.8 Å². The van der Waals surface area contributed by atoms with Crippen molar-refractivity contribution < 1.29 is 19.1 Å². The predicted molar refractivity (Wildman–Crippen MR) is 134 cm³/mol. The smallest absolute Gasteiger partial charge is 0.341 e. The molecule has 0 aromatic carbocycles. The summed E-state index contributed by atoms with van der Waals surface area (Å²) in [6, 6.07) is 0. The standard InChI is InChI=1S/C23H27N5O4S2/c1-5-28-21(30)16(10-14-11-27(3)26-13(14)2)24-23(28)33-12-18(29)25-20-19(22(31)32-4)15-8-6-7-9-17(15)34-20/h10-11H,5-9,12H2,1-4H3,(H,25,29)/b16-10+. The summed E-state index contributed by atoms with van der Waals surface area (Å²) in [6.45, 7) is 4.18. The number of rotatable bonds is 6. The number of hydrogen-bond acceptors (Lipinski definition) is 8. The lowest BCUT2D eigenvalue weighted by Gasteiger charge is -2.14. The SMILES string of the molecule is CCN1C(=O)/C(=C\c2cn(C)nc2C)N=C1SCC(=O)Nc1sc2c(c1C(=O)OC)CCCC2. The molecule has 3 heterocycles. The number of nitrogens with one attached hydrogen (secondary N) is 1. The molecule has 180 valence electrons. The Bertz CT molecular complexity index is 1210. The van der Waals surface area contributed by atoms with Gasteiger partial charge >= 0.3 is 5.97 Å². The number of esters is 1. The average Bonchev–Trinajstić information content (AvgIpc) is 3.44. The van der Waals surface area contributed by atoms with Crippen LogP contribution in [-0.4, -0.2) is 57.0 Å². The highest BCUT2D eigenvalue weighted by Crippen LogP contribution is 2.38. The molecule has 2 aliphatic rings. The Morgan fingerprint density at radius 3 is 2.76 bits per heavy atom. The normalized spacial score (nSPS) is 16.6. The molecule has 0 spiro atoms. The first-order valence-corrected chi connectivity index (χ1v) is 12.9. The van der Waals surface area contributed by atoms with Gasteiger partial charge in [-0.15, -0.1) is 11.3 Å². The third-order valence-corrected chi connectivity index (χ3v) is 7.90. The molecular weight excluding hydrogens is 474 g/mol. The van der Waals surface area contributed by atoms with Gasteiger partial charge in [0, 0.05) is 30.2 Å². The molecule has 0 saturated carbocycles. The Balaban J connectivity index is 1.48. The maximum atomic E-state index is 12.8. The minimum Gasteiger partial charge on any atom is -0.465 e. The van der Waals surface area contributed by atoms with Crippen LogP contribution in [0.4, 0.5) is 5.00 Å². The van der Waals surface area contributed by atoms with Gasteiger partial charge in [0.1, 0.15) is 10.7 Å². The van der Waals surface area contributed by atoms with Gasteiger partial charge in [0.15, 0.2) is 5.17 Å². The molecule has 2 aromatic rings. The fourth-order valence-corrected chi connectivity index (χ4v) is 6.25. The Labute approximate surface area is 206 Å². The van der Waals surface area contributed by atoms with Gasteiger partial charge in [0.2, 0.25) is 5.91 Å². The summed E-state index contributed by atoms with van der Waals surface area (Å²) in [4.78, 5) is 45.2. The van der Waals surface area contributed by atoms with E-state index in [0.717, 1.165) is 47.4 Å². The number of methoxy groups -OCH3 is 1. The molecule has 11 heteroatoms. The molecule has 34 heavy (non-hydrogen) atoms. The van der Waals surface area contributed by atoms with Crippen molar-refractivity contribution in [1.82, 2.24) is 14.7 Å². The summed E-state index contributed by atoms with van der Waals surface area (Å²) in [5.41, 5.74) is 3.42. The van der Waals surface area contributed by atoms with Gasteiger partial charge in [-0.2, -0.15) is 5.10 Å². The van der Waals surface area contributed by atoms with E-state index in [1.165, 1.54) is 30.2 Å². The van der Waals surface area contributed by atoms with Crippen LogP contribution in [0.2, 0.25) is 0 Å². The van der Waals surface area contributed by atoms with Crippen molar-refractivity contribution in [3.63, 3.8) is 0 Å². The van der Waals surface area contributed by atoms with E-state index in [2.05, 4.69) is 15.4 Å². The first kappa shape index (κ1) is 24.2. The number of aryl methyl sites for hydroxylation is 3. The molecule has 1 N–H and O–H groups in total. The third-order valence-electron chi connectivity index (χ3n) is 5.72. The summed E-state index contributed by atoms with van der Waals surface area (Å²) in [7, 11) is 3.17. The van der Waals surface area contributed by atoms with Crippen LogP contribution in [0.15, 0.2) is 16.9 Å². The number of thiophene rings is 1. The van der Waals surface area contributed by atoms with Crippen molar-refractivity contribution in [2.75, 3.05) is 24.7 Å². The van der Waals surface area contributed by atoms with Crippen LogP contribution in [0, 0.1) is 6.92 Å². The first-order valence-electron chi connectivity index (χ1n) is 11.1. The second-order valence-electron chi connectivity index (χ2n) is 8.06. The van der Waals surface area contributed by atoms with Gasteiger partial charge in [-0.25, -0.2) is 9.79 Å². The highest BCUT2D eigenvalue weighted by molar-refractivity contribution is 8.14. The molecular formula is C23H27N5O4S2. The number of nitrogens with zero attached hydrogens (tertiary/aromatic N) is 4. The van der Waals surface area contributed by atoms with Crippen LogP contribution in [0.3, 0.4) is 0 Å². The van der Waals surface area contributed by atoms with Crippen LogP contribution in [0.1, 0.15) is 51.8 Å². The molecule has 2 amide bonds. The van der Waals surface area contributed by atoms with E-state index in [-0.39, 0.29) is 17.6 Å². The summed E-state index contributed by atoms with van der Waals surface area (Å²) in [5, 5.41) is 8.20. The van der Waals surface area contributed by atoms with E-state index in [1.54, 1.807) is 15.7 Å². The van der Waals surface area contributed by atoms with Gasteiger partial charge in [-0.3, -0.25) is 19.2 Å². The lowest BCUT2D eigenvalue weighted by atomic mass is 9.95. The van der Waals surface area contributed by atoms with Crippen LogP contribution in [0.25, 0.3) is 6.08 Å². The molecule has 0 radical (unpaired) electrons.